The molecule has 0 radical (unpaired) electrons. The molecule has 0 bridgehead atoms. The van der Waals surface area contributed by atoms with E-state index >= 15 is 0 Å². The van der Waals surface area contributed by atoms with Gasteiger partial charge in [0.2, 0.25) is 0 Å². The molecule has 21 heavy (non-hydrogen) atoms. The van der Waals surface area contributed by atoms with Gasteiger partial charge in [-0.25, -0.2) is 14.4 Å². The van der Waals surface area contributed by atoms with Gasteiger partial charge in [-0.15, -0.1) is 0 Å². The molecule has 0 aromatic carbocycles. The molecule has 0 atom stereocenters. The van der Waals surface area contributed by atoms with E-state index in [1.54, 1.807) is 6.07 Å². The van der Waals surface area contributed by atoms with Crippen LogP contribution < -0.4 is 5.32 Å². The van der Waals surface area contributed by atoms with E-state index in [0.29, 0.717) is 10.7 Å². The monoisotopic (exact) mass is 368 g/mol. The number of rotatable bonds is 2. The molecule has 0 spiro atoms. The van der Waals surface area contributed by atoms with Gasteiger partial charge in [0.25, 0.3) is 5.91 Å². The van der Waals surface area contributed by atoms with Crippen LogP contribution in [0.25, 0.3) is 11.0 Å². The number of hydrogen-bond acceptors (Lipinski definition) is 3. The summed E-state index contributed by atoms with van der Waals surface area (Å²) in [6, 6.07) is 3.04. The van der Waals surface area contributed by atoms with Crippen LogP contribution in [0.3, 0.4) is 0 Å². The lowest BCUT2D eigenvalue weighted by molar-refractivity contribution is 0.102. The van der Waals surface area contributed by atoms with E-state index in [0.717, 1.165) is 0 Å². The fourth-order valence-corrected chi connectivity index (χ4v) is 2.24. The second-order valence-electron chi connectivity index (χ2n) is 4.16. The molecule has 106 valence electrons. The summed E-state index contributed by atoms with van der Waals surface area (Å²) in [5, 5.41) is 3.22. The van der Waals surface area contributed by atoms with Gasteiger partial charge in [-0.3, -0.25) is 4.79 Å². The topological polar surface area (TPSA) is 70.7 Å². The molecule has 0 unspecified atom stereocenters. The third-order valence-corrected chi connectivity index (χ3v) is 3.58. The fourth-order valence-electron chi connectivity index (χ4n) is 1.83. The van der Waals surface area contributed by atoms with Gasteiger partial charge >= 0.3 is 0 Å². The van der Waals surface area contributed by atoms with Crippen molar-refractivity contribution in [3.63, 3.8) is 0 Å². The Hall–Kier alpha value is -1.99. The van der Waals surface area contributed by atoms with E-state index in [4.69, 9.17) is 11.6 Å². The minimum absolute atomic E-state index is 0.178. The summed E-state index contributed by atoms with van der Waals surface area (Å²) < 4.78 is 14.3. The Morgan fingerprint density at radius 2 is 2.14 bits per heavy atom. The Labute approximate surface area is 131 Å². The zero-order valence-electron chi connectivity index (χ0n) is 10.3. The second kappa shape index (κ2) is 5.42. The largest absolute Gasteiger partial charge is 0.344 e. The molecule has 8 heteroatoms. The van der Waals surface area contributed by atoms with Gasteiger partial charge in [-0.2, -0.15) is 0 Å². The van der Waals surface area contributed by atoms with Crippen LogP contribution in [0.4, 0.5) is 10.1 Å². The van der Waals surface area contributed by atoms with Crippen molar-refractivity contribution < 1.29 is 9.18 Å². The number of halogens is 3. The van der Waals surface area contributed by atoms with E-state index in [2.05, 4.69) is 36.2 Å². The number of H-pyrrole nitrogens is 1. The smallest absolute Gasteiger partial charge is 0.274 e. The number of hydrogen-bond donors (Lipinski definition) is 2. The van der Waals surface area contributed by atoms with Crippen LogP contribution in [0.15, 0.2) is 35.2 Å². The van der Waals surface area contributed by atoms with Crippen molar-refractivity contribution >= 4 is 50.2 Å². The van der Waals surface area contributed by atoms with Crippen LogP contribution in [0.5, 0.6) is 0 Å². The summed E-state index contributed by atoms with van der Waals surface area (Å²) in [5.74, 6) is -0.965. The zero-order valence-corrected chi connectivity index (χ0v) is 12.7. The number of anilines is 1. The molecular weight excluding hydrogens is 363 g/mol. The predicted octanol–water partition coefficient (Wildman–Crippen LogP) is 3.77. The van der Waals surface area contributed by atoms with Gasteiger partial charge in [0.1, 0.15) is 11.3 Å². The van der Waals surface area contributed by atoms with E-state index < -0.39 is 11.7 Å². The molecule has 0 saturated heterocycles. The van der Waals surface area contributed by atoms with Crippen molar-refractivity contribution in [1.82, 2.24) is 15.0 Å². The maximum Gasteiger partial charge on any atom is 0.274 e. The van der Waals surface area contributed by atoms with E-state index in [1.807, 2.05) is 0 Å². The molecule has 3 aromatic rings. The molecule has 5 nitrogen and oxygen atoms in total. The molecule has 0 aliphatic rings. The molecule has 3 aromatic heterocycles. The fraction of sp³-hybridized carbons (Fsp3) is 0. The van der Waals surface area contributed by atoms with Gasteiger partial charge in [-0.1, -0.05) is 11.6 Å². The highest BCUT2D eigenvalue weighted by Crippen LogP contribution is 2.29. The molecule has 2 N–H and O–H groups in total. The Kier molecular flexibility index (Phi) is 3.60. The third kappa shape index (κ3) is 2.62. The summed E-state index contributed by atoms with van der Waals surface area (Å²) in [5.41, 5.74) is 0.810. The second-order valence-corrected chi connectivity index (χ2v) is 5.45. The van der Waals surface area contributed by atoms with Gasteiger partial charge in [-0.05, 0) is 28.1 Å². The molecule has 3 rings (SSSR count). The molecule has 1 amide bonds. The summed E-state index contributed by atoms with van der Waals surface area (Å²) in [4.78, 5) is 22.8. The highest BCUT2D eigenvalue weighted by Gasteiger charge is 2.16. The lowest BCUT2D eigenvalue weighted by Gasteiger charge is -2.04. The van der Waals surface area contributed by atoms with Crippen molar-refractivity contribution in [2.45, 2.75) is 0 Å². The maximum atomic E-state index is 14.1. The molecular formula is C13H7BrClFN4O. The van der Waals surface area contributed by atoms with Crippen LogP contribution in [0.2, 0.25) is 5.02 Å². The van der Waals surface area contributed by atoms with Crippen LogP contribution in [-0.4, -0.2) is 20.9 Å². The van der Waals surface area contributed by atoms with Crippen LogP contribution >= 0.6 is 27.5 Å². The molecule has 0 saturated carbocycles. The first-order chi connectivity index (χ1) is 10.1. The van der Waals surface area contributed by atoms with E-state index in [-0.39, 0.29) is 21.2 Å². The number of aromatic amines is 1. The minimum atomic E-state index is -0.499. The average Bonchev–Trinajstić information content (AvgIpc) is 2.87. The molecule has 3 heterocycles. The summed E-state index contributed by atoms with van der Waals surface area (Å²) in [6.45, 7) is 0. The first-order valence-corrected chi connectivity index (χ1v) is 6.97. The summed E-state index contributed by atoms with van der Waals surface area (Å²) in [7, 11) is 0. The van der Waals surface area contributed by atoms with Gasteiger partial charge in [0.05, 0.1) is 20.6 Å². The van der Waals surface area contributed by atoms with Crippen LogP contribution in [0.1, 0.15) is 10.5 Å². The molecule has 0 fully saturated rings. The van der Waals surface area contributed by atoms with Crippen molar-refractivity contribution in [2.24, 2.45) is 0 Å². The van der Waals surface area contributed by atoms with E-state index in [1.165, 1.54) is 24.7 Å². The Morgan fingerprint density at radius 1 is 1.33 bits per heavy atom. The third-order valence-electron chi connectivity index (χ3n) is 2.80. The number of carbonyl (C=O) groups is 1. The van der Waals surface area contributed by atoms with Crippen molar-refractivity contribution in [2.75, 3.05) is 5.32 Å². The number of amides is 1. The Morgan fingerprint density at radius 3 is 2.86 bits per heavy atom. The number of nitrogens with one attached hydrogen (secondary N) is 2. The van der Waals surface area contributed by atoms with Gasteiger partial charge in [0, 0.05) is 18.6 Å². The lowest BCUT2D eigenvalue weighted by atomic mass is 10.2. The van der Waals surface area contributed by atoms with Crippen molar-refractivity contribution in [1.29, 1.82) is 0 Å². The van der Waals surface area contributed by atoms with E-state index in [9.17, 15) is 9.18 Å². The normalized spacial score (nSPS) is 10.8. The molecule has 0 aliphatic heterocycles. The first kappa shape index (κ1) is 14.0. The number of fused-ring (bicyclic) bond motifs is 1. The number of aromatic nitrogens is 3. The number of pyridine rings is 2. The predicted molar refractivity (Wildman–Crippen MR) is 81.0 cm³/mol. The van der Waals surface area contributed by atoms with Gasteiger partial charge in [0.15, 0.2) is 5.82 Å². The number of carbonyl (C=O) groups excluding carboxylic acids is 1. The lowest BCUT2D eigenvalue weighted by Crippen LogP contribution is -2.13. The minimum Gasteiger partial charge on any atom is -0.344 e. The highest BCUT2D eigenvalue weighted by atomic mass is 79.9. The van der Waals surface area contributed by atoms with Crippen molar-refractivity contribution in [3.8, 4) is 0 Å². The molecule has 0 aliphatic carbocycles. The Bertz CT molecular complexity index is 834. The van der Waals surface area contributed by atoms with Gasteiger partial charge < -0.3 is 10.3 Å². The standard InChI is InChI=1S/C13H7BrClFN4O/c14-7-4-18-12-10(11(7)16)9(5-19-12)20-13(21)8-2-1-6(15)3-17-8/h1-5H,(H,18,19)(H,20,21). The quantitative estimate of drug-likeness (QED) is 0.722. The zero-order chi connectivity index (χ0) is 15.0. The van der Waals surface area contributed by atoms with Crippen LogP contribution in [0, 0.1) is 5.82 Å². The number of nitrogens with zero attached hydrogens (tertiary/aromatic N) is 2. The van der Waals surface area contributed by atoms with Crippen LogP contribution in [-0.2, 0) is 0 Å². The maximum absolute atomic E-state index is 14.1. The highest BCUT2D eigenvalue weighted by molar-refractivity contribution is 9.10. The Balaban J connectivity index is 1.96. The average molecular weight is 370 g/mol. The summed E-state index contributed by atoms with van der Waals surface area (Å²) in [6.07, 6.45) is 4.19. The van der Waals surface area contributed by atoms with Crippen molar-refractivity contribution in [3.05, 3.63) is 51.7 Å². The first-order valence-electron chi connectivity index (χ1n) is 5.80. The SMILES string of the molecule is O=C(Nc1c[nH]c2ncc(Br)c(F)c12)c1ccc(Cl)cn1. The summed E-state index contributed by atoms with van der Waals surface area (Å²) >= 11 is 8.78.